The Balaban J connectivity index is 1.66. The first-order valence-electron chi connectivity index (χ1n) is 7.85. The molecular weight excluding hydrogens is 316 g/mol. The van der Waals surface area contributed by atoms with Gasteiger partial charge in [-0.05, 0) is 53.1 Å². The zero-order valence-corrected chi connectivity index (χ0v) is 13.8. The first-order valence-corrected chi connectivity index (χ1v) is 7.85. The molecule has 0 aliphatic heterocycles. The Kier molecular flexibility index (Phi) is 5.00. The van der Waals surface area contributed by atoms with Crippen LogP contribution in [0.3, 0.4) is 0 Å². The molecule has 0 spiro atoms. The number of aromatic carboxylic acids is 1. The van der Waals surface area contributed by atoms with Crippen LogP contribution in [0.25, 0.3) is 11.1 Å². The van der Waals surface area contributed by atoms with Crippen LogP contribution < -0.4 is 9.47 Å². The number of rotatable bonds is 6. The highest BCUT2D eigenvalue weighted by Gasteiger charge is 2.04. The van der Waals surface area contributed by atoms with Gasteiger partial charge in [0.05, 0.1) is 12.7 Å². The van der Waals surface area contributed by atoms with Crippen LogP contribution in [0.5, 0.6) is 11.5 Å². The van der Waals surface area contributed by atoms with Gasteiger partial charge in [-0.3, -0.25) is 0 Å². The molecule has 0 amide bonds. The van der Waals surface area contributed by atoms with Crippen molar-refractivity contribution in [1.82, 2.24) is 0 Å². The monoisotopic (exact) mass is 334 g/mol. The van der Waals surface area contributed by atoms with Gasteiger partial charge in [-0.15, -0.1) is 0 Å². The third kappa shape index (κ3) is 4.18. The van der Waals surface area contributed by atoms with Crippen molar-refractivity contribution in [2.24, 2.45) is 0 Å². The Bertz CT molecular complexity index is 852. The van der Waals surface area contributed by atoms with Crippen molar-refractivity contribution in [3.05, 3.63) is 83.9 Å². The lowest BCUT2D eigenvalue weighted by molar-refractivity contribution is 0.0696. The number of benzene rings is 3. The van der Waals surface area contributed by atoms with Crippen LogP contribution in [0.2, 0.25) is 0 Å². The minimum atomic E-state index is -0.939. The molecule has 0 aliphatic rings. The molecule has 0 aliphatic carbocycles. The van der Waals surface area contributed by atoms with E-state index < -0.39 is 5.97 Å². The van der Waals surface area contributed by atoms with Gasteiger partial charge in [0.15, 0.2) is 0 Å². The van der Waals surface area contributed by atoms with E-state index in [9.17, 15) is 4.79 Å². The summed E-state index contributed by atoms with van der Waals surface area (Å²) in [5.41, 5.74) is 3.26. The molecule has 0 saturated heterocycles. The normalized spacial score (nSPS) is 10.3. The largest absolute Gasteiger partial charge is 0.497 e. The smallest absolute Gasteiger partial charge is 0.335 e. The van der Waals surface area contributed by atoms with Crippen LogP contribution in [0.15, 0.2) is 72.8 Å². The minimum Gasteiger partial charge on any atom is -0.497 e. The van der Waals surface area contributed by atoms with Crippen LogP contribution in [0, 0.1) is 0 Å². The SMILES string of the molecule is COc1ccc(-c2ccc(OCc3cccc(C(=O)O)c3)cc2)cc1. The molecule has 0 atom stereocenters. The van der Waals surface area contributed by atoms with E-state index in [0.717, 1.165) is 28.2 Å². The molecule has 3 rings (SSSR count). The fourth-order valence-electron chi connectivity index (χ4n) is 2.49. The summed E-state index contributed by atoms with van der Waals surface area (Å²) in [7, 11) is 1.65. The molecule has 4 heteroatoms. The molecule has 3 aromatic rings. The van der Waals surface area contributed by atoms with E-state index in [1.54, 1.807) is 25.3 Å². The van der Waals surface area contributed by atoms with E-state index in [2.05, 4.69) is 0 Å². The number of ether oxygens (including phenoxy) is 2. The highest BCUT2D eigenvalue weighted by atomic mass is 16.5. The maximum absolute atomic E-state index is 11.0. The van der Waals surface area contributed by atoms with Crippen LogP contribution in [0.4, 0.5) is 0 Å². The zero-order chi connectivity index (χ0) is 17.6. The van der Waals surface area contributed by atoms with Gasteiger partial charge >= 0.3 is 5.97 Å². The fourth-order valence-corrected chi connectivity index (χ4v) is 2.49. The third-order valence-electron chi connectivity index (χ3n) is 3.86. The van der Waals surface area contributed by atoms with Crippen molar-refractivity contribution in [2.75, 3.05) is 7.11 Å². The Labute approximate surface area is 146 Å². The summed E-state index contributed by atoms with van der Waals surface area (Å²) >= 11 is 0. The lowest BCUT2D eigenvalue weighted by Crippen LogP contribution is -2.00. The average molecular weight is 334 g/mol. The van der Waals surface area contributed by atoms with Gasteiger partial charge in [0.1, 0.15) is 18.1 Å². The summed E-state index contributed by atoms with van der Waals surface area (Å²) in [5.74, 6) is 0.621. The molecule has 0 fully saturated rings. The standard InChI is InChI=1S/C21H18O4/c1-24-19-9-5-16(6-10-19)17-7-11-20(12-8-17)25-14-15-3-2-4-18(13-15)21(22)23/h2-13H,14H2,1H3,(H,22,23). The van der Waals surface area contributed by atoms with Crippen molar-refractivity contribution in [3.63, 3.8) is 0 Å². The van der Waals surface area contributed by atoms with Crippen LogP contribution in [-0.2, 0) is 6.61 Å². The summed E-state index contributed by atoms with van der Waals surface area (Å²) in [4.78, 5) is 11.0. The van der Waals surface area contributed by atoms with Gasteiger partial charge in [0, 0.05) is 0 Å². The molecule has 0 aromatic heterocycles. The highest BCUT2D eigenvalue weighted by molar-refractivity contribution is 5.87. The topological polar surface area (TPSA) is 55.8 Å². The molecule has 1 N–H and O–H groups in total. The Morgan fingerprint density at radius 2 is 1.48 bits per heavy atom. The van der Waals surface area contributed by atoms with Gasteiger partial charge in [-0.1, -0.05) is 36.4 Å². The first kappa shape index (κ1) is 16.6. The number of carboxylic acid groups (broad SMARTS) is 1. The summed E-state index contributed by atoms with van der Waals surface area (Å²) in [6.45, 7) is 0.322. The lowest BCUT2D eigenvalue weighted by Gasteiger charge is -2.08. The number of hydrogen-bond acceptors (Lipinski definition) is 3. The van der Waals surface area contributed by atoms with Crippen molar-refractivity contribution < 1.29 is 19.4 Å². The molecule has 126 valence electrons. The summed E-state index contributed by atoms with van der Waals surface area (Å²) in [6.07, 6.45) is 0. The van der Waals surface area contributed by atoms with Gasteiger partial charge in [0.25, 0.3) is 0 Å². The molecule has 25 heavy (non-hydrogen) atoms. The van der Waals surface area contributed by atoms with Crippen LogP contribution in [0.1, 0.15) is 15.9 Å². The second-order valence-electron chi connectivity index (χ2n) is 5.55. The van der Waals surface area contributed by atoms with E-state index in [1.807, 2.05) is 54.6 Å². The molecule has 0 unspecified atom stereocenters. The Morgan fingerprint density at radius 1 is 0.880 bits per heavy atom. The quantitative estimate of drug-likeness (QED) is 0.713. The number of carbonyl (C=O) groups is 1. The van der Waals surface area contributed by atoms with Crippen LogP contribution >= 0.6 is 0 Å². The summed E-state index contributed by atoms with van der Waals surface area (Å²) < 4.78 is 10.9. The second-order valence-corrected chi connectivity index (χ2v) is 5.55. The number of hydrogen-bond donors (Lipinski definition) is 1. The lowest BCUT2D eigenvalue weighted by atomic mass is 10.1. The van der Waals surface area contributed by atoms with Crippen molar-refractivity contribution >= 4 is 5.97 Å². The minimum absolute atomic E-state index is 0.260. The Morgan fingerprint density at radius 3 is 2.04 bits per heavy atom. The number of methoxy groups -OCH3 is 1. The third-order valence-corrected chi connectivity index (χ3v) is 3.86. The Hall–Kier alpha value is -3.27. The van der Waals surface area contributed by atoms with Gasteiger partial charge < -0.3 is 14.6 Å². The van der Waals surface area contributed by atoms with Gasteiger partial charge in [0.2, 0.25) is 0 Å². The van der Waals surface area contributed by atoms with Gasteiger partial charge in [-0.2, -0.15) is 0 Å². The molecule has 0 radical (unpaired) electrons. The molecule has 0 heterocycles. The van der Waals surface area contributed by atoms with Gasteiger partial charge in [-0.25, -0.2) is 4.79 Å². The predicted molar refractivity (Wildman–Crippen MR) is 96.2 cm³/mol. The van der Waals surface area contributed by atoms with Crippen molar-refractivity contribution in [1.29, 1.82) is 0 Å². The van der Waals surface area contributed by atoms with E-state index in [-0.39, 0.29) is 5.56 Å². The van der Waals surface area contributed by atoms with E-state index in [1.165, 1.54) is 0 Å². The molecule has 0 bridgehead atoms. The summed E-state index contributed by atoms with van der Waals surface area (Å²) in [6, 6.07) is 22.4. The van der Waals surface area contributed by atoms with Crippen LogP contribution in [-0.4, -0.2) is 18.2 Å². The number of carboxylic acids is 1. The zero-order valence-electron chi connectivity index (χ0n) is 13.8. The van der Waals surface area contributed by atoms with Crippen molar-refractivity contribution in [2.45, 2.75) is 6.61 Å². The van der Waals surface area contributed by atoms with E-state index in [4.69, 9.17) is 14.6 Å². The molecule has 3 aromatic carbocycles. The molecule has 4 nitrogen and oxygen atoms in total. The molecule has 0 saturated carbocycles. The maximum Gasteiger partial charge on any atom is 0.335 e. The highest BCUT2D eigenvalue weighted by Crippen LogP contribution is 2.25. The average Bonchev–Trinajstić information content (AvgIpc) is 2.67. The molecular formula is C21H18O4. The van der Waals surface area contributed by atoms with E-state index >= 15 is 0 Å². The fraction of sp³-hybridized carbons (Fsp3) is 0.0952. The first-order chi connectivity index (χ1) is 12.2. The maximum atomic E-state index is 11.0. The van der Waals surface area contributed by atoms with Crippen molar-refractivity contribution in [3.8, 4) is 22.6 Å². The predicted octanol–water partition coefficient (Wildman–Crippen LogP) is 4.64. The summed E-state index contributed by atoms with van der Waals surface area (Å²) in [5, 5.41) is 9.02. The second kappa shape index (κ2) is 7.53. The van der Waals surface area contributed by atoms with E-state index in [0.29, 0.717) is 6.61 Å².